The van der Waals surface area contributed by atoms with Crippen molar-refractivity contribution in [2.75, 3.05) is 7.11 Å². The van der Waals surface area contributed by atoms with Gasteiger partial charge in [0, 0.05) is 12.6 Å². The molecule has 2 aromatic carbocycles. The van der Waals surface area contributed by atoms with Crippen LogP contribution in [0, 0.1) is 20.8 Å². The van der Waals surface area contributed by atoms with E-state index in [1.807, 2.05) is 12.1 Å². The molecule has 0 amide bonds. The van der Waals surface area contributed by atoms with E-state index < -0.39 is 0 Å². The minimum absolute atomic E-state index is 0.292. The third-order valence-electron chi connectivity index (χ3n) is 4.02. The second-order valence-electron chi connectivity index (χ2n) is 5.76. The molecule has 21 heavy (non-hydrogen) atoms. The average Bonchev–Trinajstić information content (AvgIpc) is 2.46. The number of aryl methyl sites for hydroxylation is 3. The Morgan fingerprint density at radius 1 is 1.05 bits per heavy atom. The van der Waals surface area contributed by atoms with Crippen LogP contribution in [-0.4, -0.2) is 7.11 Å². The molecular weight excluding hydrogens is 258 g/mol. The van der Waals surface area contributed by atoms with Crippen LogP contribution in [0.2, 0.25) is 0 Å². The Morgan fingerprint density at radius 3 is 2.33 bits per heavy atom. The Hall–Kier alpha value is -1.80. The van der Waals surface area contributed by atoms with E-state index >= 15 is 0 Å². The number of hydrogen-bond donors (Lipinski definition) is 1. The molecule has 2 heteroatoms. The van der Waals surface area contributed by atoms with Crippen molar-refractivity contribution in [1.29, 1.82) is 0 Å². The molecule has 1 N–H and O–H groups in total. The first-order valence-corrected chi connectivity index (χ1v) is 7.45. The molecule has 112 valence electrons. The fourth-order valence-corrected chi connectivity index (χ4v) is 2.77. The summed E-state index contributed by atoms with van der Waals surface area (Å²) < 4.78 is 5.29. The topological polar surface area (TPSA) is 21.3 Å². The van der Waals surface area contributed by atoms with Crippen molar-refractivity contribution >= 4 is 0 Å². The van der Waals surface area contributed by atoms with E-state index in [1.54, 1.807) is 7.11 Å². The lowest BCUT2D eigenvalue weighted by Gasteiger charge is -2.18. The van der Waals surface area contributed by atoms with Crippen LogP contribution in [0.3, 0.4) is 0 Å². The van der Waals surface area contributed by atoms with Gasteiger partial charge in [-0.25, -0.2) is 0 Å². The summed E-state index contributed by atoms with van der Waals surface area (Å²) in [6.07, 6.45) is 0. The monoisotopic (exact) mass is 283 g/mol. The van der Waals surface area contributed by atoms with Crippen LogP contribution in [0.1, 0.15) is 40.8 Å². The SMILES string of the molecule is COc1cccc([C@@H](C)NCc2c(C)cc(C)cc2C)c1. The molecule has 0 unspecified atom stereocenters. The van der Waals surface area contributed by atoms with Crippen LogP contribution in [0.15, 0.2) is 36.4 Å². The smallest absolute Gasteiger partial charge is 0.119 e. The lowest BCUT2D eigenvalue weighted by atomic mass is 9.99. The van der Waals surface area contributed by atoms with E-state index in [9.17, 15) is 0 Å². The molecule has 0 aromatic heterocycles. The molecule has 0 fully saturated rings. The van der Waals surface area contributed by atoms with Gasteiger partial charge >= 0.3 is 0 Å². The van der Waals surface area contributed by atoms with Crippen molar-refractivity contribution < 1.29 is 4.74 Å². The molecule has 0 saturated carbocycles. The zero-order valence-corrected chi connectivity index (χ0v) is 13.7. The summed E-state index contributed by atoms with van der Waals surface area (Å²) in [5.74, 6) is 0.906. The van der Waals surface area contributed by atoms with Crippen molar-refractivity contribution in [3.63, 3.8) is 0 Å². The summed E-state index contributed by atoms with van der Waals surface area (Å²) in [5, 5.41) is 3.61. The molecule has 0 radical (unpaired) electrons. The number of ether oxygens (including phenoxy) is 1. The Kier molecular flexibility index (Phi) is 5.03. The van der Waals surface area contributed by atoms with Crippen molar-refractivity contribution in [3.05, 3.63) is 64.2 Å². The fourth-order valence-electron chi connectivity index (χ4n) is 2.77. The molecule has 0 aliphatic carbocycles. The summed E-state index contributed by atoms with van der Waals surface area (Å²) in [6, 6.07) is 13.0. The Morgan fingerprint density at radius 2 is 1.71 bits per heavy atom. The lowest BCUT2D eigenvalue weighted by Crippen LogP contribution is -2.19. The lowest BCUT2D eigenvalue weighted by molar-refractivity contribution is 0.413. The van der Waals surface area contributed by atoms with Crippen LogP contribution in [-0.2, 0) is 6.54 Å². The van der Waals surface area contributed by atoms with E-state index in [4.69, 9.17) is 4.74 Å². The molecule has 2 aromatic rings. The summed E-state index contributed by atoms with van der Waals surface area (Å²) in [4.78, 5) is 0. The van der Waals surface area contributed by atoms with Crippen LogP contribution >= 0.6 is 0 Å². The van der Waals surface area contributed by atoms with Crippen LogP contribution < -0.4 is 10.1 Å². The van der Waals surface area contributed by atoms with Gasteiger partial charge in [0.25, 0.3) is 0 Å². The van der Waals surface area contributed by atoms with Crippen LogP contribution in [0.5, 0.6) is 5.75 Å². The molecule has 0 aliphatic rings. The highest BCUT2D eigenvalue weighted by molar-refractivity contribution is 5.37. The first-order chi connectivity index (χ1) is 10.0. The molecule has 2 rings (SSSR count). The molecule has 1 atom stereocenters. The third kappa shape index (κ3) is 3.85. The van der Waals surface area contributed by atoms with Gasteiger partial charge in [0.05, 0.1) is 7.11 Å². The first-order valence-electron chi connectivity index (χ1n) is 7.45. The summed E-state index contributed by atoms with van der Waals surface area (Å²) in [7, 11) is 1.70. The van der Waals surface area contributed by atoms with Gasteiger partial charge in [0.1, 0.15) is 5.75 Å². The number of hydrogen-bond acceptors (Lipinski definition) is 2. The van der Waals surface area contributed by atoms with Gasteiger partial charge in [-0.1, -0.05) is 29.8 Å². The van der Waals surface area contributed by atoms with Crippen molar-refractivity contribution in [2.45, 2.75) is 40.3 Å². The van der Waals surface area contributed by atoms with Gasteiger partial charge in [-0.15, -0.1) is 0 Å². The first kappa shape index (κ1) is 15.6. The standard InChI is InChI=1S/C19H25NO/c1-13-9-14(2)19(15(3)10-13)12-20-16(4)17-7-6-8-18(11-17)21-5/h6-11,16,20H,12H2,1-5H3/t16-/m1/s1. The summed E-state index contributed by atoms with van der Waals surface area (Å²) >= 11 is 0. The number of benzene rings is 2. The van der Waals surface area contributed by atoms with E-state index in [2.05, 4.69) is 57.3 Å². The highest BCUT2D eigenvalue weighted by Gasteiger charge is 2.09. The third-order valence-corrected chi connectivity index (χ3v) is 4.02. The molecule has 2 nitrogen and oxygen atoms in total. The second kappa shape index (κ2) is 6.77. The number of rotatable bonds is 5. The van der Waals surface area contributed by atoms with Gasteiger partial charge in [0.2, 0.25) is 0 Å². The summed E-state index contributed by atoms with van der Waals surface area (Å²) in [6.45, 7) is 9.60. The van der Waals surface area contributed by atoms with Gasteiger partial charge in [-0.2, -0.15) is 0 Å². The van der Waals surface area contributed by atoms with Gasteiger partial charge in [-0.3, -0.25) is 0 Å². The van der Waals surface area contributed by atoms with E-state index in [1.165, 1.54) is 27.8 Å². The molecule has 0 bridgehead atoms. The zero-order valence-electron chi connectivity index (χ0n) is 13.7. The fraction of sp³-hybridized carbons (Fsp3) is 0.368. The van der Waals surface area contributed by atoms with Crippen molar-refractivity contribution in [1.82, 2.24) is 5.32 Å². The molecular formula is C19H25NO. The average molecular weight is 283 g/mol. The van der Waals surface area contributed by atoms with Crippen LogP contribution in [0.4, 0.5) is 0 Å². The normalized spacial score (nSPS) is 12.2. The zero-order chi connectivity index (χ0) is 15.4. The number of methoxy groups -OCH3 is 1. The van der Waals surface area contributed by atoms with Gasteiger partial charge < -0.3 is 10.1 Å². The highest BCUT2D eigenvalue weighted by atomic mass is 16.5. The minimum Gasteiger partial charge on any atom is -0.497 e. The predicted molar refractivity (Wildman–Crippen MR) is 88.9 cm³/mol. The highest BCUT2D eigenvalue weighted by Crippen LogP contribution is 2.21. The Balaban J connectivity index is 2.09. The molecule has 0 aliphatic heterocycles. The second-order valence-corrected chi connectivity index (χ2v) is 5.76. The Bertz CT molecular complexity index is 596. The summed E-state index contributed by atoms with van der Waals surface area (Å²) in [5.41, 5.74) is 6.69. The molecule has 0 saturated heterocycles. The largest absolute Gasteiger partial charge is 0.497 e. The molecule has 0 spiro atoms. The predicted octanol–water partition coefficient (Wildman–Crippen LogP) is 4.47. The maximum absolute atomic E-state index is 5.29. The minimum atomic E-state index is 0.292. The van der Waals surface area contributed by atoms with Crippen molar-refractivity contribution in [2.24, 2.45) is 0 Å². The van der Waals surface area contributed by atoms with Gasteiger partial charge in [-0.05, 0) is 62.1 Å². The molecule has 0 heterocycles. The van der Waals surface area contributed by atoms with E-state index in [0.717, 1.165) is 12.3 Å². The van der Waals surface area contributed by atoms with E-state index in [-0.39, 0.29) is 0 Å². The quantitative estimate of drug-likeness (QED) is 0.874. The van der Waals surface area contributed by atoms with Crippen molar-refractivity contribution in [3.8, 4) is 5.75 Å². The van der Waals surface area contributed by atoms with Gasteiger partial charge in [0.15, 0.2) is 0 Å². The maximum Gasteiger partial charge on any atom is 0.119 e. The Labute approximate surface area is 128 Å². The van der Waals surface area contributed by atoms with Crippen LogP contribution in [0.25, 0.3) is 0 Å². The number of nitrogens with one attached hydrogen (secondary N) is 1. The van der Waals surface area contributed by atoms with E-state index in [0.29, 0.717) is 6.04 Å². The maximum atomic E-state index is 5.29.